The molecule has 4 aromatic rings. The summed E-state index contributed by atoms with van der Waals surface area (Å²) in [6.07, 6.45) is 0. The smallest absolute Gasteiger partial charge is 0.379 e. The van der Waals surface area contributed by atoms with Gasteiger partial charge < -0.3 is 29.1 Å². The van der Waals surface area contributed by atoms with Crippen LogP contribution < -0.4 is 24.7 Å². The Morgan fingerprint density at radius 2 is 1.88 bits per heavy atom. The molecule has 1 unspecified atom stereocenters. The van der Waals surface area contributed by atoms with E-state index < -0.39 is 11.9 Å². The number of hydrogen-bond donors (Lipinski definition) is 1. The number of rotatable bonds is 7. The van der Waals surface area contributed by atoms with Gasteiger partial charge in [0.2, 0.25) is 11.6 Å². The molecule has 0 bridgehead atoms. The van der Waals surface area contributed by atoms with Crippen LogP contribution in [0.15, 0.2) is 70.5 Å². The maximum Gasteiger partial charge on any atom is 0.379 e. The first-order valence-electron chi connectivity index (χ1n) is 12.9. The molecule has 0 saturated carbocycles. The number of nitriles is 1. The van der Waals surface area contributed by atoms with Crippen LogP contribution in [-0.4, -0.2) is 19.7 Å². The third-order valence-corrected chi connectivity index (χ3v) is 6.77. The number of fused-ring (bicyclic) bond motifs is 2. The third kappa shape index (κ3) is 4.94. The molecule has 1 atom stereocenters. The lowest BCUT2D eigenvalue weighted by molar-refractivity contribution is 0.0702. The van der Waals surface area contributed by atoms with Crippen LogP contribution >= 0.6 is 0 Å². The molecule has 0 amide bonds. The topological polar surface area (TPSA) is 117 Å². The van der Waals surface area contributed by atoms with E-state index >= 15 is 0 Å². The van der Waals surface area contributed by atoms with Crippen LogP contribution in [0.5, 0.6) is 23.0 Å². The summed E-state index contributed by atoms with van der Waals surface area (Å²) >= 11 is 0. The van der Waals surface area contributed by atoms with E-state index in [9.17, 15) is 10.1 Å². The van der Waals surface area contributed by atoms with Crippen molar-refractivity contribution in [2.75, 3.05) is 13.7 Å². The molecule has 8 nitrogen and oxygen atoms in total. The molecule has 0 fully saturated rings. The molecule has 0 radical (unpaired) electrons. The lowest BCUT2D eigenvalue weighted by atomic mass is 9.83. The molecule has 0 aliphatic carbocycles. The average Bonchev–Trinajstić information content (AvgIpc) is 3.26. The van der Waals surface area contributed by atoms with Gasteiger partial charge in [0.1, 0.15) is 28.7 Å². The zero-order chi connectivity index (χ0) is 28.6. The van der Waals surface area contributed by atoms with Crippen LogP contribution in [0.1, 0.15) is 52.6 Å². The van der Waals surface area contributed by atoms with Crippen LogP contribution in [0, 0.1) is 31.1 Å². The Bertz CT molecular complexity index is 1690. The SMILES string of the molecule is COc1cc(C2C(C#N)=C(N)Oc3cc(OC(=O)c4oc5cc(C)ccc5c4C)ccc32)ccc1OCC(C)C. The highest BCUT2D eigenvalue weighted by molar-refractivity contribution is 5.97. The molecule has 1 aliphatic rings. The number of aryl methyl sites for hydroxylation is 2. The lowest BCUT2D eigenvalue weighted by Gasteiger charge is -2.27. The lowest BCUT2D eigenvalue weighted by Crippen LogP contribution is -2.21. The number of ether oxygens (including phenoxy) is 4. The highest BCUT2D eigenvalue weighted by Crippen LogP contribution is 2.45. The fourth-order valence-electron chi connectivity index (χ4n) is 4.76. The second-order valence-electron chi connectivity index (χ2n) is 10.2. The Labute approximate surface area is 232 Å². The Balaban J connectivity index is 1.47. The number of furan rings is 1. The molecule has 3 aromatic carbocycles. The van der Waals surface area contributed by atoms with Crippen molar-refractivity contribution in [2.24, 2.45) is 11.7 Å². The van der Waals surface area contributed by atoms with Gasteiger partial charge in [-0.05, 0) is 55.2 Å². The summed E-state index contributed by atoms with van der Waals surface area (Å²) in [7, 11) is 1.57. The van der Waals surface area contributed by atoms with Gasteiger partial charge in [0.25, 0.3) is 0 Å². The summed E-state index contributed by atoms with van der Waals surface area (Å²) in [5, 5.41) is 10.8. The number of nitrogens with two attached hydrogens (primary N) is 1. The zero-order valence-corrected chi connectivity index (χ0v) is 23.0. The summed E-state index contributed by atoms with van der Waals surface area (Å²) < 4.78 is 28.8. The minimum absolute atomic E-state index is 0.0222. The van der Waals surface area contributed by atoms with Gasteiger partial charge in [0.15, 0.2) is 11.5 Å². The summed E-state index contributed by atoms with van der Waals surface area (Å²) in [6.45, 7) is 8.45. The number of esters is 1. The van der Waals surface area contributed by atoms with Crippen molar-refractivity contribution < 1.29 is 28.2 Å². The molecule has 204 valence electrons. The number of nitrogens with zero attached hydrogens (tertiary/aromatic N) is 1. The molecule has 8 heteroatoms. The minimum Gasteiger partial charge on any atom is -0.493 e. The van der Waals surface area contributed by atoms with E-state index in [1.54, 1.807) is 25.3 Å². The molecular formula is C32H30N2O6. The monoisotopic (exact) mass is 538 g/mol. The Hall–Kier alpha value is -4.90. The normalized spacial score (nSPS) is 14.5. The van der Waals surface area contributed by atoms with E-state index in [0.29, 0.717) is 46.5 Å². The Kier molecular flexibility index (Phi) is 7.14. The Morgan fingerprint density at radius 1 is 1.07 bits per heavy atom. The van der Waals surface area contributed by atoms with E-state index in [1.807, 2.05) is 50.2 Å². The van der Waals surface area contributed by atoms with Gasteiger partial charge in [-0.1, -0.05) is 38.1 Å². The summed E-state index contributed by atoms with van der Waals surface area (Å²) in [6, 6.07) is 18.5. The molecule has 2 N–H and O–H groups in total. The van der Waals surface area contributed by atoms with Crippen molar-refractivity contribution in [3.8, 4) is 29.1 Å². The quantitative estimate of drug-likeness (QED) is 0.208. The predicted molar refractivity (Wildman–Crippen MR) is 150 cm³/mol. The van der Waals surface area contributed by atoms with E-state index in [4.69, 9.17) is 29.1 Å². The van der Waals surface area contributed by atoms with E-state index in [2.05, 4.69) is 19.9 Å². The van der Waals surface area contributed by atoms with E-state index in [1.165, 1.54) is 0 Å². The first-order valence-corrected chi connectivity index (χ1v) is 12.9. The van der Waals surface area contributed by atoms with Gasteiger partial charge in [-0.15, -0.1) is 0 Å². The predicted octanol–water partition coefficient (Wildman–Crippen LogP) is 6.53. The van der Waals surface area contributed by atoms with Crippen molar-refractivity contribution in [3.05, 3.63) is 94.1 Å². The minimum atomic E-state index is -0.624. The highest BCUT2D eigenvalue weighted by atomic mass is 16.5. The molecule has 2 heterocycles. The highest BCUT2D eigenvalue weighted by Gasteiger charge is 2.32. The van der Waals surface area contributed by atoms with Gasteiger partial charge in [0, 0.05) is 22.6 Å². The van der Waals surface area contributed by atoms with Gasteiger partial charge in [0.05, 0.1) is 19.6 Å². The molecule has 0 spiro atoms. The van der Waals surface area contributed by atoms with Crippen molar-refractivity contribution in [1.82, 2.24) is 0 Å². The number of hydrogen-bond acceptors (Lipinski definition) is 8. The number of carbonyl (C=O) groups is 1. The maximum atomic E-state index is 13.0. The molecular weight excluding hydrogens is 508 g/mol. The molecule has 1 aromatic heterocycles. The standard InChI is InChI=1S/C32H30N2O6/c1-17(2)16-37-25-11-7-20(13-28(25)36-5)29-23-10-8-21(14-27(23)40-31(34)24(29)15-33)38-32(35)30-19(4)22-9-6-18(3)12-26(22)39-30/h6-14,17,29H,16,34H2,1-5H3. The summed E-state index contributed by atoms with van der Waals surface area (Å²) in [4.78, 5) is 13.0. The summed E-state index contributed by atoms with van der Waals surface area (Å²) in [5.74, 6) is 1.10. The van der Waals surface area contributed by atoms with Gasteiger partial charge in [-0.3, -0.25) is 0 Å². The fraction of sp³-hybridized carbons (Fsp3) is 0.250. The van der Waals surface area contributed by atoms with E-state index in [-0.39, 0.29) is 23.0 Å². The largest absolute Gasteiger partial charge is 0.493 e. The first kappa shape index (κ1) is 26.7. The molecule has 40 heavy (non-hydrogen) atoms. The third-order valence-electron chi connectivity index (χ3n) is 6.77. The van der Waals surface area contributed by atoms with Gasteiger partial charge >= 0.3 is 5.97 Å². The van der Waals surface area contributed by atoms with Crippen LogP contribution in [0.4, 0.5) is 0 Å². The van der Waals surface area contributed by atoms with Crippen molar-refractivity contribution in [2.45, 2.75) is 33.6 Å². The average molecular weight is 539 g/mol. The van der Waals surface area contributed by atoms with Crippen LogP contribution in [0.25, 0.3) is 11.0 Å². The Morgan fingerprint density at radius 3 is 2.60 bits per heavy atom. The first-order chi connectivity index (χ1) is 19.2. The maximum absolute atomic E-state index is 13.0. The van der Waals surface area contributed by atoms with Crippen LogP contribution in [0.3, 0.4) is 0 Å². The number of methoxy groups -OCH3 is 1. The second-order valence-corrected chi connectivity index (χ2v) is 10.2. The molecule has 1 aliphatic heterocycles. The second kappa shape index (κ2) is 10.7. The fourth-order valence-corrected chi connectivity index (χ4v) is 4.76. The van der Waals surface area contributed by atoms with Gasteiger partial charge in [-0.2, -0.15) is 5.26 Å². The zero-order valence-electron chi connectivity index (χ0n) is 23.0. The molecule has 0 saturated heterocycles. The van der Waals surface area contributed by atoms with Crippen molar-refractivity contribution in [1.29, 1.82) is 5.26 Å². The van der Waals surface area contributed by atoms with Crippen molar-refractivity contribution in [3.63, 3.8) is 0 Å². The van der Waals surface area contributed by atoms with Gasteiger partial charge in [-0.25, -0.2) is 4.79 Å². The van der Waals surface area contributed by atoms with Crippen molar-refractivity contribution >= 4 is 16.9 Å². The number of carbonyl (C=O) groups excluding carboxylic acids is 1. The molecule has 5 rings (SSSR count). The van der Waals surface area contributed by atoms with Crippen LogP contribution in [0.2, 0.25) is 0 Å². The number of allylic oxidation sites excluding steroid dienone is 1. The number of benzene rings is 3. The van der Waals surface area contributed by atoms with Crippen LogP contribution in [-0.2, 0) is 0 Å². The van der Waals surface area contributed by atoms with E-state index in [0.717, 1.165) is 16.5 Å². The summed E-state index contributed by atoms with van der Waals surface area (Å²) in [5.41, 5.74) is 10.3.